The van der Waals surface area contributed by atoms with Crippen molar-refractivity contribution < 1.29 is 4.79 Å². The molecular weight excluding hydrogens is 238 g/mol. The molecule has 19 heavy (non-hydrogen) atoms. The first-order chi connectivity index (χ1) is 9.09. The van der Waals surface area contributed by atoms with Gasteiger partial charge >= 0.3 is 0 Å². The fourth-order valence-electron chi connectivity index (χ4n) is 2.77. The fourth-order valence-corrected chi connectivity index (χ4v) is 2.77. The molecule has 0 saturated carbocycles. The topological polar surface area (TPSA) is 28.5 Å². The zero-order valence-electron chi connectivity index (χ0n) is 12.3. The summed E-state index contributed by atoms with van der Waals surface area (Å²) in [7, 11) is 4.14. The molecule has 0 bridgehead atoms. The molecule has 1 aromatic heterocycles. The van der Waals surface area contributed by atoms with Gasteiger partial charge in [-0.1, -0.05) is 0 Å². The van der Waals surface area contributed by atoms with Crippen molar-refractivity contribution in [2.75, 3.05) is 27.2 Å². The van der Waals surface area contributed by atoms with Crippen molar-refractivity contribution in [1.82, 2.24) is 14.4 Å². The van der Waals surface area contributed by atoms with Crippen LogP contribution in [0.2, 0.25) is 0 Å². The molecule has 2 heterocycles. The molecule has 1 aromatic rings. The predicted octanol–water partition coefficient (Wildman–Crippen LogP) is 2.12. The second-order valence-corrected chi connectivity index (χ2v) is 5.65. The van der Waals surface area contributed by atoms with Gasteiger partial charge in [0.1, 0.15) is 0 Å². The van der Waals surface area contributed by atoms with Crippen molar-refractivity contribution in [3.05, 3.63) is 24.0 Å². The SMILES string of the molecule is C[C@H]1c2cccn2CCN1C(=O)CCCCN(C)C. The van der Waals surface area contributed by atoms with Crippen molar-refractivity contribution in [1.29, 1.82) is 0 Å². The second-order valence-electron chi connectivity index (χ2n) is 5.65. The second kappa shape index (κ2) is 6.24. The number of hydrogen-bond acceptors (Lipinski definition) is 2. The van der Waals surface area contributed by atoms with Crippen LogP contribution in [-0.4, -0.2) is 47.5 Å². The Balaban J connectivity index is 1.84. The summed E-state index contributed by atoms with van der Waals surface area (Å²) in [5, 5.41) is 0. The van der Waals surface area contributed by atoms with Gasteiger partial charge in [-0.05, 0) is 52.5 Å². The molecule has 4 nitrogen and oxygen atoms in total. The lowest BCUT2D eigenvalue weighted by Gasteiger charge is -2.35. The fraction of sp³-hybridized carbons (Fsp3) is 0.667. The number of aromatic nitrogens is 1. The summed E-state index contributed by atoms with van der Waals surface area (Å²) in [6, 6.07) is 4.40. The van der Waals surface area contributed by atoms with Gasteiger partial charge in [0.05, 0.1) is 6.04 Å². The molecular formula is C15H25N3O. The maximum Gasteiger partial charge on any atom is 0.223 e. The van der Waals surface area contributed by atoms with Gasteiger partial charge in [-0.15, -0.1) is 0 Å². The van der Waals surface area contributed by atoms with E-state index in [0.29, 0.717) is 12.3 Å². The van der Waals surface area contributed by atoms with Gasteiger partial charge in [-0.25, -0.2) is 0 Å². The van der Waals surface area contributed by atoms with Crippen LogP contribution in [0.3, 0.4) is 0 Å². The standard InChI is InChI=1S/C15H25N3O/c1-13-14-7-6-10-17(14)11-12-18(13)15(19)8-4-5-9-16(2)3/h6-7,10,13H,4-5,8-9,11-12H2,1-3H3/t13-/m0/s1. The highest BCUT2D eigenvalue weighted by atomic mass is 16.2. The summed E-state index contributed by atoms with van der Waals surface area (Å²) in [6.07, 6.45) is 4.86. The van der Waals surface area contributed by atoms with Crippen LogP contribution >= 0.6 is 0 Å². The van der Waals surface area contributed by atoms with Crippen molar-refractivity contribution in [2.45, 2.75) is 38.8 Å². The normalized spacial score (nSPS) is 18.7. The molecule has 4 heteroatoms. The van der Waals surface area contributed by atoms with E-state index in [0.717, 1.165) is 32.5 Å². The molecule has 106 valence electrons. The quantitative estimate of drug-likeness (QED) is 0.761. The molecule has 1 amide bonds. The zero-order chi connectivity index (χ0) is 13.8. The first kappa shape index (κ1) is 14.1. The summed E-state index contributed by atoms with van der Waals surface area (Å²) in [5.74, 6) is 0.304. The molecule has 0 spiro atoms. The average Bonchev–Trinajstić information content (AvgIpc) is 2.83. The summed E-state index contributed by atoms with van der Waals surface area (Å²) in [4.78, 5) is 16.5. The van der Waals surface area contributed by atoms with Gasteiger partial charge < -0.3 is 14.4 Å². The van der Waals surface area contributed by atoms with Crippen LogP contribution in [0.5, 0.6) is 0 Å². The van der Waals surface area contributed by atoms with Gasteiger partial charge in [-0.2, -0.15) is 0 Å². The van der Waals surface area contributed by atoms with Crippen LogP contribution in [0.1, 0.15) is 37.9 Å². The number of hydrogen-bond donors (Lipinski definition) is 0. The number of rotatable bonds is 5. The number of carbonyl (C=O) groups is 1. The molecule has 1 atom stereocenters. The van der Waals surface area contributed by atoms with Gasteiger partial charge in [0.15, 0.2) is 0 Å². The largest absolute Gasteiger partial charge is 0.348 e. The summed E-state index contributed by atoms with van der Waals surface area (Å²) >= 11 is 0. The smallest absolute Gasteiger partial charge is 0.223 e. The number of carbonyl (C=O) groups excluding carboxylic acids is 1. The molecule has 1 aliphatic rings. The lowest BCUT2D eigenvalue weighted by atomic mass is 10.1. The van der Waals surface area contributed by atoms with E-state index in [2.05, 4.69) is 48.8 Å². The Bertz CT molecular complexity index is 425. The van der Waals surface area contributed by atoms with Crippen LogP contribution < -0.4 is 0 Å². The average molecular weight is 263 g/mol. The molecule has 0 fully saturated rings. The Morgan fingerprint density at radius 1 is 1.37 bits per heavy atom. The highest BCUT2D eigenvalue weighted by Crippen LogP contribution is 2.26. The molecule has 0 radical (unpaired) electrons. The van der Waals surface area contributed by atoms with Gasteiger partial charge in [0, 0.05) is 31.4 Å². The lowest BCUT2D eigenvalue weighted by molar-refractivity contribution is -0.134. The van der Waals surface area contributed by atoms with Crippen LogP contribution in [0, 0.1) is 0 Å². The number of fused-ring (bicyclic) bond motifs is 1. The minimum Gasteiger partial charge on any atom is -0.348 e. The highest BCUT2D eigenvalue weighted by Gasteiger charge is 2.26. The van der Waals surface area contributed by atoms with Crippen LogP contribution in [-0.2, 0) is 11.3 Å². The first-order valence-electron chi connectivity index (χ1n) is 7.19. The van der Waals surface area contributed by atoms with Crippen LogP contribution in [0.25, 0.3) is 0 Å². The van der Waals surface area contributed by atoms with E-state index in [4.69, 9.17) is 0 Å². The predicted molar refractivity (Wildman–Crippen MR) is 77.0 cm³/mol. The van der Waals surface area contributed by atoms with Crippen molar-refractivity contribution in [3.63, 3.8) is 0 Å². The van der Waals surface area contributed by atoms with E-state index in [1.54, 1.807) is 0 Å². The number of unbranched alkanes of at least 4 members (excludes halogenated alkanes) is 1. The van der Waals surface area contributed by atoms with E-state index in [1.165, 1.54) is 5.69 Å². The molecule has 2 rings (SSSR count). The molecule has 0 N–H and O–H groups in total. The van der Waals surface area contributed by atoms with Crippen molar-refractivity contribution >= 4 is 5.91 Å². The van der Waals surface area contributed by atoms with Crippen LogP contribution in [0.15, 0.2) is 18.3 Å². The Hall–Kier alpha value is -1.29. The highest BCUT2D eigenvalue weighted by molar-refractivity contribution is 5.76. The minimum atomic E-state index is 0.213. The maximum atomic E-state index is 12.3. The van der Waals surface area contributed by atoms with Crippen molar-refractivity contribution in [3.8, 4) is 0 Å². The Kier molecular flexibility index (Phi) is 4.64. The van der Waals surface area contributed by atoms with Gasteiger partial charge in [0.2, 0.25) is 5.91 Å². The molecule has 0 aliphatic carbocycles. The third kappa shape index (κ3) is 3.38. The van der Waals surface area contributed by atoms with Crippen molar-refractivity contribution in [2.24, 2.45) is 0 Å². The zero-order valence-corrected chi connectivity index (χ0v) is 12.3. The summed E-state index contributed by atoms with van der Waals surface area (Å²) < 4.78 is 2.25. The number of nitrogens with zero attached hydrogens (tertiary/aromatic N) is 3. The van der Waals surface area contributed by atoms with E-state index >= 15 is 0 Å². The van der Waals surface area contributed by atoms with E-state index in [1.807, 2.05) is 4.90 Å². The van der Waals surface area contributed by atoms with E-state index < -0.39 is 0 Å². The lowest BCUT2D eigenvalue weighted by Crippen LogP contribution is -2.40. The monoisotopic (exact) mass is 263 g/mol. The molecule has 0 aromatic carbocycles. The number of amides is 1. The summed E-state index contributed by atoms with van der Waals surface area (Å²) in [6.45, 7) is 4.96. The third-order valence-corrected chi connectivity index (χ3v) is 3.91. The maximum absolute atomic E-state index is 12.3. The van der Waals surface area contributed by atoms with Gasteiger partial charge in [0.25, 0.3) is 0 Å². The Labute approximate surface area is 116 Å². The van der Waals surface area contributed by atoms with Crippen LogP contribution in [0.4, 0.5) is 0 Å². The summed E-state index contributed by atoms with van der Waals surface area (Å²) in [5.41, 5.74) is 1.26. The Morgan fingerprint density at radius 2 is 2.16 bits per heavy atom. The van der Waals surface area contributed by atoms with E-state index in [-0.39, 0.29) is 6.04 Å². The molecule has 0 saturated heterocycles. The molecule has 1 aliphatic heterocycles. The minimum absolute atomic E-state index is 0.213. The Morgan fingerprint density at radius 3 is 2.89 bits per heavy atom. The third-order valence-electron chi connectivity index (χ3n) is 3.91. The molecule has 0 unspecified atom stereocenters. The first-order valence-corrected chi connectivity index (χ1v) is 7.19. The van der Waals surface area contributed by atoms with E-state index in [9.17, 15) is 4.79 Å². The van der Waals surface area contributed by atoms with Gasteiger partial charge in [-0.3, -0.25) is 4.79 Å².